The van der Waals surface area contributed by atoms with E-state index < -0.39 is 6.09 Å². The van der Waals surface area contributed by atoms with E-state index in [0.29, 0.717) is 35.2 Å². The molecule has 1 heterocycles. The lowest BCUT2D eigenvalue weighted by atomic mass is 9.85. The maximum atomic E-state index is 12.8. The first kappa shape index (κ1) is 24.6. The quantitative estimate of drug-likeness (QED) is 0.391. The van der Waals surface area contributed by atoms with Crippen molar-refractivity contribution >= 4 is 35.5 Å². The molecule has 1 aliphatic rings. The Morgan fingerprint density at radius 2 is 1.88 bits per heavy atom. The van der Waals surface area contributed by atoms with Crippen LogP contribution in [0, 0.1) is 17.2 Å². The zero-order chi connectivity index (χ0) is 24.0. The van der Waals surface area contributed by atoms with Crippen LogP contribution in [0.1, 0.15) is 49.0 Å². The standard InChI is InChI=1S/C25H31ClN4O3/c1-16(2)14-21(29-24(31)18-6-8-20(26)9-7-18)17-10-12-30(13-11-17)25(32)33-22-5-3-4-19(15-27)23(22)28/h3-9,15-17,21,27H,10-14,28H2,1-2H3,(H,29,31). The van der Waals surface area contributed by atoms with Gasteiger partial charge in [-0.05, 0) is 61.4 Å². The second-order valence-electron chi connectivity index (χ2n) is 8.81. The third-order valence-electron chi connectivity index (χ3n) is 5.97. The van der Waals surface area contributed by atoms with Crippen LogP contribution < -0.4 is 15.8 Å². The van der Waals surface area contributed by atoms with Crippen molar-refractivity contribution in [3.05, 3.63) is 58.6 Å². The summed E-state index contributed by atoms with van der Waals surface area (Å²) in [6, 6.07) is 11.9. The van der Waals surface area contributed by atoms with Crippen molar-refractivity contribution in [2.75, 3.05) is 18.8 Å². The van der Waals surface area contributed by atoms with Crippen LogP contribution in [0.4, 0.5) is 10.5 Å². The SMILES string of the molecule is CC(C)CC(NC(=O)c1ccc(Cl)cc1)C1CCN(C(=O)Oc2cccc(C=N)c2N)CC1. The number of carbonyl (C=O) groups excluding carboxylic acids is 2. The molecule has 3 rings (SSSR count). The van der Waals surface area contributed by atoms with Gasteiger partial charge in [0, 0.05) is 41.5 Å². The van der Waals surface area contributed by atoms with E-state index >= 15 is 0 Å². The molecule has 0 bridgehead atoms. The third-order valence-corrected chi connectivity index (χ3v) is 6.22. The molecule has 0 saturated carbocycles. The molecule has 1 unspecified atom stereocenters. The van der Waals surface area contributed by atoms with Gasteiger partial charge in [-0.15, -0.1) is 0 Å². The van der Waals surface area contributed by atoms with Gasteiger partial charge in [-0.1, -0.05) is 37.6 Å². The van der Waals surface area contributed by atoms with Gasteiger partial charge in [0.15, 0.2) is 5.75 Å². The van der Waals surface area contributed by atoms with E-state index in [1.165, 1.54) is 0 Å². The van der Waals surface area contributed by atoms with Crippen LogP contribution in [-0.2, 0) is 0 Å². The highest BCUT2D eigenvalue weighted by atomic mass is 35.5. The number of anilines is 1. The second-order valence-corrected chi connectivity index (χ2v) is 9.25. The Hall–Kier alpha value is -3.06. The van der Waals surface area contributed by atoms with Crippen molar-refractivity contribution in [2.24, 2.45) is 11.8 Å². The molecule has 1 atom stereocenters. The number of benzene rings is 2. The zero-order valence-electron chi connectivity index (χ0n) is 19.0. The lowest BCUT2D eigenvalue weighted by molar-refractivity contribution is 0.0871. The van der Waals surface area contributed by atoms with Gasteiger partial charge < -0.3 is 26.1 Å². The van der Waals surface area contributed by atoms with Crippen molar-refractivity contribution in [3.8, 4) is 5.75 Å². The zero-order valence-corrected chi connectivity index (χ0v) is 19.8. The molecule has 7 nitrogen and oxygen atoms in total. The molecule has 0 aliphatic carbocycles. The first-order chi connectivity index (χ1) is 15.8. The van der Waals surface area contributed by atoms with Crippen LogP contribution in [0.2, 0.25) is 5.02 Å². The fourth-order valence-corrected chi connectivity index (χ4v) is 4.27. The highest BCUT2D eigenvalue weighted by Crippen LogP contribution is 2.28. The van der Waals surface area contributed by atoms with Crippen molar-refractivity contribution in [3.63, 3.8) is 0 Å². The van der Waals surface area contributed by atoms with Crippen molar-refractivity contribution in [1.82, 2.24) is 10.2 Å². The van der Waals surface area contributed by atoms with E-state index in [1.54, 1.807) is 47.4 Å². The summed E-state index contributed by atoms with van der Waals surface area (Å²) in [5, 5.41) is 11.2. The second kappa shape index (κ2) is 11.2. The van der Waals surface area contributed by atoms with Crippen LogP contribution in [0.5, 0.6) is 5.75 Å². The minimum Gasteiger partial charge on any atom is -0.408 e. The Morgan fingerprint density at radius 3 is 2.48 bits per heavy atom. The number of halogens is 1. The van der Waals surface area contributed by atoms with E-state index in [-0.39, 0.29) is 29.3 Å². The predicted octanol–water partition coefficient (Wildman–Crippen LogP) is 4.98. The summed E-state index contributed by atoms with van der Waals surface area (Å²) in [5.41, 5.74) is 7.35. The Balaban J connectivity index is 1.60. The van der Waals surface area contributed by atoms with Crippen molar-refractivity contribution in [2.45, 2.75) is 39.2 Å². The monoisotopic (exact) mass is 470 g/mol. The van der Waals surface area contributed by atoms with E-state index in [2.05, 4.69) is 19.2 Å². The lowest BCUT2D eigenvalue weighted by Crippen LogP contribution is -2.47. The van der Waals surface area contributed by atoms with E-state index in [1.807, 2.05) is 0 Å². The molecule has 176 valence electrons. The molecule has 0 radical (unpaired) electrons. The van der Waals surface area contributed by atoms with Gasteiger partial charge in [0.2, 0.25) is 0 Å². The molecule has 4 N–H and O–H groups in total. The fourth-order valence-electron chi connectivity index (χ4n) is 4.15. The number of rotatable bonds is 7. The number of amides is 2. The number of nitrogen functional groups attached to an aromatic ring is 1. The third kappa shape index (κ3) is 6.48. The number of likely N-dealkylation sites (tertiary alicyclic amines) is 1. The molecule has 2 aromatic rings. The minimum absolute atomic E-state index is 0.0197. The largest absolute Gasteiger partial charge is 0.415 e. The molecule has 0 aromatic heterocycles. The lowest BCUT2D eigenvalue weighted by Gasteiger charge is -2.36. The van der Waals surface area contributed by atoms with Gasteiger partial charge in [-0.2, -0.15) is 0 Å². The molecular weight excluding hydrogens is 440 g/mol. The molecule has 33 heavy (non-hydrogen) atoms. The summed E-state index contributed by atoms with van der Waals surface area (Å²) in [6.45, 7) is 5.36. The maximum absolute atomic E-state index is 12.8. The number of nitrogens with one attached hydrogen (secondary N) is 2. The van der Waals surface area contributed by atoms with Gasteiger partial charge in [0.1, 0.15) is 0 Å². The Bertz CT molecular complexity index is 986. The number of nitrogens with two attached hydrogens (primary N) is 1. The fraction of sp³-hybridized carbons (Fsp3) is 0.400. The normalized spacial score (nSPS) is 15.2. The summed E-state index contributed by atoms with van der Waals surface area (Å²) in [7, 11) is 0. The molecule has 1 saturated heterocycles. The molecule has 1 aliphatic heterocycles. The summed E-state index contributed by atoms with van der Waals surface area (Å²) in [6.07, 6.45) is 3.08. The van der Waals surface area contributed by atoms with E-state index in [4.69, 9.17) is 27.5 Å². The van der Waals surface area contributed by atoms with Gasteiger partial charge in [0.25, 0.3) is 5.91 Å². The van der Waals surface area contributed by atoms with Crippen LogP contribution in [0.3, 0.4) is 0 Å². The molecule has 0 spiro atoms. The topological polar surface area (TPSA) is 109 Å². The number of para-hydroxylation sites is 1. The first-order valence-corrected chi connectivity index (χ1v) is 11.6. The van der Waals surface area contributed by atoms with E-state index in [9.17, 15) is 9.59 Å². The molecule has 1 fully saturated rings. The molecule has 2 aromatic carbocycles. The number of hydrogen-bond acceptors (Lipinski definition) is 5. The average Bonchev–Trinajstić information content (AvgIpc) is 2.80. The first-order valence-electron chi connectivity index (χ1n) is 11.2. The summed E-state index contributed by atoms with van der Waals surface area (Å²) in [5.74, 6) is 0.836. The van der Waals surface area contributed by atoms with Crippen LogP contribution >= 0.6 is 11.6 Å². The number of ether oxygens (including phenoxy) is 1. The van der Waals surface area contributed by atoms with Crippen LogP contribution in [0.25, 0.3) is 0 Å². The van der Waals surface area contributed by atoms with Gasteiger partial charge in [-0.25, -0.2) is 4.79 Å². The minimum atomic E-state index is -0.451. The van der Waals surface area contributed by atoms with Gasteiger partial charge in [0.05, 0.1) is 5.69 Å². The van der Waals surface area contributed by atoms with E-state index in [0.717, 1.165) is 25.5 Å². The van der Waals surface area contributed by atoms with Crippen LogP contribution in [-0.4, -0.2) is 42.2 Å². The smallest absolute Gasteiger partial charge is 0.408 e. The van der Waals surface area contributed by atoms with Crippen molar-refractivity contribution in [1.29, 1.82) is 5.41 Å². The summed E-state index contributed by atoms with van der Waals surface area (Å²) >= 11 is 5.94. The molecule has 8 heteroatoms. The van der Waals surface area contributed by atoms with Crippen molar-refractivity contribution < 1.29 is 14.3 Å². The average molecular weight is 471 g/mol. The number of nitrogens with zero attached hydrogens (tertiary/aromatic N) is 1. The Labute approximate surface area is 199 Å². The highest BCUT2D eigenvalue weighted by molar-refractivity contribution is 6.30. The summed E-state index contributed by atoms with van der Waals surface area (Å²) in [4.78, 5) is 27.1. The Morgan fingerprint density at radius 1 is 1.21 bits per heavy atom. The van der Waals surface area contributed by atoms with Gasteiger partial charge in [-0.3, -0.25) is 4.79 Å². The number of carbonyl (C=O) groups is 2. The number of piperidine rings is 1. The summed E-state index contributed by atoms with van der Waals surface area (Å²) < 4.78 is 5.50. The molecule has 2 amide bonds. The number of hydrogen-bond donors (Lipinski definition) is 3. The van der Waals surface area contributed by atoms with Gasteiger partial charge >= 0.3 is 6.09 Å². The maximum Gasteiger partial charge on any atom is 0.415 e. The predicted molar refractivity (Wildman–Crippen MR) is 131 cm³/mol. The van der Waals surface area contributed by atoms with Crippen LogP contribution in [0.15, 0.2) is 42.5 Å². The highest BCUT2D eigenvalue weighted by Gasteiger charge is 2.31. The molecular formula is C25H31ClN4O3. The Kier molecular flexibility index (Phi) is 8.33.